The van der Waals surface area contributed by atoms with E-state index in [1.54, 1.807) is 12.0 Å². The predicted octanol–water partition coefficient (Wildman–Crippen LogP) is 3.59. The molecule has 0 spiro atoms. The third kappa shape index (κ3) is 8.38. The van der Waals surface area contributed by atoms with Gasteiger partial charge in [0.1, 0.15) is 6.54 Å². The van der Waals surface area contributed by atoms with Crippen LogP contribution in [-0.2, 0) is 34.0 Å². The van der Waals surface area contributed by atoms with Crippen molar-refractivity contribution in [2.24, 2.45) is 7.05 Å². The van der Waals surface area contributed by atoms with Crippen LogP contribution in [0.4, 0.5) is 23.7 Å². The van der Waals surface area contributed by atoms with Crippen molar-refractivity contribution < 1.29 is 32.2 Å². The van der Waals surface area contributed by atoms with E-state index in [9.17, 15) is 22.8 Å². The molecule has 0 saturated carbocycles. The summed E-state index contributed by atoms with van der Waals surface area (Å²) < 4.78 is 50.4. The third-order valence-corrected chi connectivity index (χ3v) is 5.18. The van der Waals surface area contributed by atoms with Crippen LogP contribution in [0.1, 0.15) is 17.7 Å². The summed E-state index contributed by atoms with van der Waals surface area (Å²) in [6.07, 6.45) is -2.10. The van der Waals surface area contributed by atoms with E-state index < -0.39 is 17.8 Å². The monoisotopic (exact) mass is 484 g/mol. The fraction of sp³-hybridized carbons (Fsp3) is 0.478. The molecule has 0 bridgehead atoms. The van der Waals surface area contributed by atoms with Crippen LogP contribution >= 0.6 is 0 Å². The minimum Gasteiger partial charge on any atom is -0.385 e. The second-order valence-electron chi connectivity index (χ2n) is 7.69. The Morgan fingerprint density at radius 2 is 1.68 bits per heavy atom. The second-order valence-corrected chi connectivity index (χ2v) is 7.69. The highest BCUT2D eigenvalue weighted by Gasteiger charge is 2.30. The van der Waals surface area contributed by atoms with Crippen LogP contribution in [0.5, 0.6) is 0 Å². The zero-order chi connectivity index (χ0) is 25.1. The molecule has 0 saturated heterocycles. The molecule has 0 radical (unpaired) electrons. The molecule has 34 heavy (non-hydrogen) atoms. The number of rotatable bonds is 12. The fourth-order valence-corrected chi connectivity index (χ4v) is 3.21. The Hall–Kier alpha value is -3.05. The molecule has 8 nitrogen and oxygen atoms in total. The molecule has 2 rings (SSSR count). The molecule has 0 aliphatic rings. The third-order valence-electron chi connectivity index (χ3n) is 5.18. The lowest BCUT2D eigenvalue weighted by Gasteiger charge is -2.28. The minimum atomic E-state index is -4.47. The maximum absolute atomic E-state index is 13.1. The molecule has 1 heterocycles. The van der Waals surface area contributed by atoms with Crippen LogP contribution in [0.25, 0.3) is 0 Å². The molecule has 0 atom stereocenters. The van der Waals surface area contributed by atoms with Crippen LogP contribution in [0.15, 0.2) is 42.6 Å². The maximum Gasteiger partial charge on any atom is 0.416 e. The van der Waals surface area contributed by atoms with Gasteiger partial charge >= 0.3 is 12.2 Å². The first-order valence-electron chi connectivity index (χ1n) is 10.7. The summed E-state index contributed by atoms with van der Waals surface area (Å²) in [5, 5.41) is 2.57. The number of nitrogens with zero attached hydrogens (tertiary/aromatic N) is 3. The van der Waals surface area contributed by atoms with Gasteiger partial charge in [0.05, 0.1) is 18.7 Å². The summed E-state index contributed by atoms with van der Waals surface area (Å²) in [6.45, 7) is 1.43. The number of ether oxygens (including phenoxy) is 2. The number of methoxy groups -OCH3 is 2. The van der Waals surface area contributed by atoms with Crippen molar-refractivity contribution in [3.63, 3.8) is 0 Å². The van der Waals surface area contributed by atoms with Crippen molar-refractivity contribution in [3.05, 3.63) is 53.9 Å². The van der Waals surface area contributed by atoms with Crippen LogP contribution in [0.2, 0.25) is 0 Å². The molecular formula is C23H31F3N4O4. The standard InChI is InChI=1S/C23H31F3N4O4/c1-28-11-4-6-20(28)16-29(13-15-34-3)21(31)17-30(12-5-14-33-2)22(32)27-19-9-7-18(8-10-19)23(24,25)26/h4,6-11H,5,12-17H2,1-3H3,(H,27,32). The summed E-state index contributed by atoms with van der Waals surface area (Å²) >= 11 is 0. The van der Waals surface area contributed by atoms with Crippen LogP contribution in [0.3, 0.4) is 0 Å². The van der Waals surface area contributed by atoms with Gasteiger partial charge in [-0.25, -0.2) is 4.79 Å². The number of halogens is 3. The number of benzene rings is 1. The van der Waals surface area contributed by atoms with Gasteiger partial charge < -0.3 is 29.2 Å². The van der Waals surface area contributed by atoms with Gasteiger partial charge in [-0.1, -0.05) is 0 Å². The molecule has 2 aromatic rings. The first-order valence-corrected chi connectivity index (χ1v) is 10.7. The highest BCUT2D eigenvalue weighted by atomic mass is 19.4. The number of aromatic nitrogens is 1. The molecule has 0 unspecified atom stereocenters. The van der Waals surface area contributed by atoms with E-state index in [4.69, 9.17) is 9.47 Å². The van der Waals surface area contributed by atoms with Gasteiger partial charge in [0.2, 0.25) is 5.91 Å². The normalized spacial score (nSPS) is 11.4. The lowest BCUT2D eigenvalue weighted by Crippen LogP contribution is -2.45. The first-order chi connectivity index (χ1) is 16.2. The second kappa shape index (κ2) is 13.0. The van der Waals surface area contributed by atoms with Gasteiger partial charge in [-0.3, -0.25) is 4.79 Å². The number of hydrogen-bond acceptors (Lipinski definition) is 4. The molecule has 1 N–H and O–H groups in total. The van der Waals surface area contributed by atoms with Crippen molar-refractivity contribution in [2.75, 3.05) is 52.4 Å². The smallest absolute Gasteiger partial charge is 0.385 e. The van der Waals surface area contributed by atoms with Gasteiger partial charge in [0.25, 0.3) is 0 Å². The lowest BCUT2D eigenvalue weighted by atomic mass is 10.2. The number of amides is 3. The van der Waals surface area contributed by atoms with Crippen molar-refractivity contribution in [2.45, 2.75) is 19.1 Å². The molecular weight excluding hydrogens is 453 g/mol. The number of carbonyl (C=O) groups excluding carboxylic acids is 2. The molecule has 188 valence electrons. The molecule has 11 heteroatoms. The van der Waals surface area contributed by atoms with E-state index in [0.717, 1.165) is 17.8 Å². The molecule has 0 aliphatic heterocycles. The summed E-state index contributed by atoms with van der Waals surface area (Å²) in [5.74, 6) is -0.279. The topological polar surface area (TPSA) is 76.0 Å². The zero-order valence-electron chi connectivity index (χ0n) is 19.6. The van der Waals surface area contributed by atoms with Gasteiger partial charge in [0, 0.05) is 58.5 Å². The summed E-state index contributed by atoms with van der Waals surface area (Å²) in [5.41, 5.74) is 0.305. The summed E-state index contributed by atoms with van der Waals surface area (Å²) in [4.78, 5) is 28.9. The van der Waals surface area contributed by atoms with Crippen molar-refractivity contribution in [1.29, 1.82) is 0 Å². The Kier molecular flexibility index (Phi) is 10.4. The van der Waals surface area contributed by atoms with E-state index in [1.807, 2.05) is 29.9 Å². The quantitative estimate of drug-likeness (QED) is 0.467. The molecule has 1 aromatic heterocycles. The number of alkyl halides is 3. The average molecular weight is 485 g/mol. The van der Waals surface area contributed by atoms with Crippen molar-refractivity contribution >= 4 is 17.6 Å². The lowest BCUT2D eigenvalue weighted by molar-refractivity contribution is -0.137. The van der Waals surface area contributed by atoms with Crippen LogP contribution in [0, 0.1) is 0 Å². The zero-order valence-corrected chi connectivity index (χ0v) is 19.6. The van der Waals surface area contributed by atoms with Crippen LogP contribution < -0.4 is 5.32 Å². The number of aryl methyl sites for hydroxylation is 1. The number of hydrogen-bond donors (Lipinski definition) is 1. The molecule has 0 aliphatic carbocycles. The average Bonchev–Trinajstić information content (AvgIpc) is 3.19. The molecule has 0 fully saturated rings. The van der Waals surface area contributed by atoms with E-state index in [2.05, 4.69) is 5.32 Å². The SMILES string of the molecule is COCCCN(CC(=O)N(CCOC)Cc1cccn1C)C(=O)Nc1ccc(C(F)(F)F)cc1. The largest absolute Gasteiger partial charge is 0.416 e. The molecule has 1 aromatic carbocycles. The number of carbonyl (C=O) groups is 2. The van der Waals surface area contributed by atoms with Crippen molar-refractivity contribution in [3.8, 4) is 0 Å². The van der Waals surface area contributed by atoms with Gasteiger partial charge in [-0.05, 0) is 42.8 Å². The highest BCUT2D eigenvalue weighted by molar-refractivity contribution is 5.92. The van der Waals surface area contributed by atoms with Crippen LogP contribution in [-0.4, -0.2) is 73.4 Å². The summed E-state index contributed by atoms with van der Waals surface area (Å²) in [7, 11) is 4.95. The maximum atomic E-state index is 13.1. The van der Waals surface area contributed by atoms with E-state index >= 15 is 0 Å². The van der Waals surface area contributed by atoms with Crippen molar-refractivity contribution in [1.82, 2.24) is 14.4 Å². The number of urea groups is 1. The first kappa shape index (κ1) is 27.2. The van der Waals surface area contributed by atoms with E-state index in [1.165, 1.54) is 24.1 Å². The van der Waals surface area contributed by atoms with Gasteiger partial charge in [-0.2, -0.15) is 13.2 Å². The Labute approximate surface area is 197 Å². The number of nitrogens with one attached hydrogen (secondary N) is 1. The fourth-order valence-electron chi connectivity index (χ4n) is 3.21. The van der Waals surface area contributed by atoms with Gasteiger partial charge in [0.15, 0.2) is 0 Å². The highest BCUT2D eigenvalue weighted by Crippen LogP contribution is 2.29. The minimum absolute atomic E-state index is 0.197. The Morgan fingerprint density at radius 3 is 2.24 bits per heavy atom. The van der Waals surface area contributed by atoms with Gasteiger partial charge in [-0.15, -0.1) is 0 Å². The van der Waals surface area contributed by atoms with E-state index in [-0.39, 0.29) is 24.7 Å². The predicted molar refractivity (Wildman–Crippen MR) is 121 cm³/mol. The Balaban J connectivity index is 2.11. The van der Waals surface area contributed by atoms with E-state index in [0.29, 0.717) is 32.7 Å². The number of anilines is 1. The Bertz CT molecular complexity index is 916. The molecule has 3 amide bonds. The summed E-state index contributed by atoms with van der Waals surface area (Å²) in [6, 6.07) is 7.33. The Morgan fingerprint density at radius 1 is 1.00 bits per heavy atom.